The Morgan fingerprint density at radius 2 is 1.41 bits per heavy atom. The van der Waals surface area contributed by atoms with E-state index in [1.807, 2.05) is 0 Å². The van der Waals surface area contributed by atoms with E-state index >= 15 is 9.59 Å². The highest BCUT2D eigenvalue weighted by molar-refractivity contribution is 5.96. The number of amides is 1. The number of nitrogens with one attached hydrogen (secondary N) is 1. The fourth-order valence-corrected chi connectivity index (χ4v) is 11.2. The highest BCUT2D eigenvalue weighted by Crippen LogP contribution is 2.64. The second kappa shape index (κ2) is 21.6. The molecule has 0 unspecified atom stereocenters. The monoisotopic (exact) mass is 1010 g/mol. The summed E-state index contributed by atoms with van der Waals surface area (Å²) in [5.74, 6) is -8.59. The van der Waals surface area contributed by atoms with E-state index in [-0.39, 0.29) is 61.0 Å². The van der Waals surface area contributed by atoms with Gasteiger partial charge in [0.15, 0.2) is 17.5 Å². The molecule has 0 aromatic heterocycles. The van der Waals surface area contributed by atoms with Gasteiger partial charge in [-0.05, 0) is 67.7 Å². The van der Waals surface area contributed by atoms with Gasteiger partial charge in [-0.1, -0.05) is 87.2 Å². The minimum atomic E-state index is -2.48. The van der Waals surface area contributed by atoms with Gasteiger partial charge in [0.25, 0.3) is 5.91 Å². The third kappa shape index (κ3) is 10.3. The zero-order chi connectivity index (χ0) is 53.0. The average molecular weight is 1010 g/mol. The summed E-state index contributed by atoms with van der Waals surface area (Å²) in [5.41, 5.74) is -7.55. The smallest absolute Gasteiger partial charge is 0.350 e. The van der Waals surface area contributed by atoms with Gasteiger partial charge in [0, 0.05) is 50.5 Å². The number of carbonyl (C=O) groups excluding carboxylic acids is 8. The number of benzene rings is 3. The van der Waals surface area contributed by atoms with Crippen molar-refractivity contribution in [1.29, 1.82) is 0 Å². The van der Waals surface area contributed by atoms with Crippen LogP contribution >= 0.6 is 0 Å². The molecule has 3 fully saturated rings. The molecule has 18 heteroatoms. The van der Waals surface area contributed by atoms with Gasteiger partial charge < -0.3 is 48.7 Å². The van der Waals surface area contributed by atoms with E-state index in [1.165, 1.54) is 26.0 Å². The van der Waals surface area contributed by atoms with Gasteiger partial charge in [0.2, 0.25) is 6.10 Å². The summed E-state index contributed by atoms with van der Waals surface area (Å²) in [7, 11) is 0. The topological polar surface area (TPSA) is 254 Å². The first-order valence-corrected chi connectivity index (χ1v) is 24.1. The van der Waals surface area contributed by atoms with Crippen LogP contribution in [0.4, 0.5) is 0 Å². The second-order valence-electron chi connectivity index (χ2n) is 19.7. The van der Waals surface area contributed by atoms with Gasteiger partial charge in [-0.25, -0.2) is 9.59 Å². The molecule has 0 spiro atoms. The van der Waals surface area contributed by atoms with Crippen molar-refractivity contribution in [2.45, 2.75) is 134 Å². The van der Waals surface area contributed by atoms with Crippen molar-refractivity contribution in [2.24, 2.45) is 16.7 Å². The van der Waals surface area contributed by atoms with Crippen LogP contribution in [0, 0.1) is 16.7 Å². The molecule has 7 rings (SSSR count). The van der Waals surface area contributed by atoms with Gasteiger partial charge in [-0.15, -0.1) is 0 Å². The Morgan fingerprint density at radius 1 is 0.822 bits per heavy atom. The molecular formula is C55H61NO17. The minimum absolute atomic E-state index is 0.0349. The lowest BCUT2D eigenvalue weighted by Gasteiger charge is -2.67. The maximum Gasteiger partial charge on any atom is 0.350 e. The molecule has 4 aliphatic rings. The van der Waals surface area contributed by atoms with Gasteiger partial charge in [-0.2, -0.15) is 0 Å². The summed E-state index contributed by atoms with van der Waals surface area (Å²) in [6.07, 6.45) is -9.91. The van der Waals surface area contributed by atoms with E-state index in [2.05, 4.69) is 11.9 Å². The Kier molecular flexibility index (Phi) is 15.9. The Balaban J connectivity index is 1.38. The number of esters is 6. The predicted octanol–water partition coefficient (Wildman–Crippen LogP) is 5.53. The van der Waals surface area contributed by atoms with E-state index in [0.717, 1.165) is 20.1 Å². The molecule has 388 valence electrons. The van der Waals surface area contributed by atoms with Crippen molar-refractivity contribution in [3.63, 3.8) is 0 Å². The first kappa shape index (κ1) is 53.8. The number of carbonyl (C=O) groups is 8. The van der Waals surface area contributed by atoms with Crippen molar-refractivity contribution in [3.05, 3.63) is 132 Å². The summed E-state index contributed by atoms with van der Waals surface area (Å²) in [6.45, 7) is 11.2. The standard InChI is InChI=1S/C55H61NO17/c1-8-67-40(60)26-18-19-27-41(61)71-45(43(34-20-12-9-13-21-34)56-49(63)35-22-14-10-15-23-35)51(65)70-37-29-55(66)48(72-50(64)36-24-16-11-17-25-36)46-53(7,38(59)28-39-54(46,30-68-39)73-33(4)58)47(62)44(69-32(3)57)42(31(37)2)52(55,5)6/h8-17,20-25,37-39,43-46,48,59,66H,1,18-19,26-30H2,2-7H3,(H,56,63)/t37-,38+,39+,43-,44+,45+,46-,48-,53+,54-,55+/m0/s1. The molecule has 3 aliphatic carbocycles. The molecule has 1 saturated heterocycles. The number of ketones is 1. The predicted molar refractivity (Wildman–Crippen MR) is 256 cm³/mol. The molecule has 0 radical (unpaired) electrons. The van der Waals surface area contributed by atoms with Crippen LogP contribution in [0.2, 0.25) is 0 Å². The van der Waals surface area contributed by atoms with Crippen LogP contribution in [0.5, 0.6) is 0 Å². The average Bonchev–Trinajstić information content (AvgIpc) is 3.35. The summed E-state index contributed by atoms with van der Waals surface area (Å²) >= 11 is 0. The Morgan fingerprint density at radius 3 is 1.97 bits per heavy atom. The van der Waals surface area contributed by atoms with Crippen LogP contribution in [0.1, 0.15) is 112 Å². The fourth-order valence-electron chi connectivity index (χ4n) is 11.2. The van der Waals surface area contributed by atoms with E-state index in [0.29, 0.717) is 5.56 Å². The summed E-state index contributed by atoms with van der Waals surface area (Å²) in [6, 6.07) is 22.6. The molecule has 1 amide bonds. The zero-order valence-corrected chi connectivity index (χ0v) is 41.5. The number of aliphatic hydroxyl groups is 2. The fraction of sp³-hybridized carbons (Fsp3) is 0.455. The quantitative estimate of drug-likeness (QED) is 0.0494. The lowest BCUT2D eigenvalue weighted by molar-refractivity contribution is -0.346. The van der Waals surface area contributed by atoms with Crippen molar-refractivity contribution in [3.8, 4) is 0 Å². The minimum Gasteiger partial charge on any atom is -0.455 e. The molecule has 1 aliphatic heterocycles. The molecule has 2 saturated carbocycles. The van der Waals surface area contributed by atoms with Crippen molar-refractivity contribution < 1.29 is 81.7 Å². The summed E-state index contributed by atoms with van der Waals surface area (Å²) < 4.78 is 41.5. The zero-order valence-electron chi connectivity index (χ0n) is 41.5. The van der Waals surface area contributed by atoms with Gasteiger partial charge in [0.05, 0.1) is 35.9 Å². The SMILES string of the molecule is C=COC(=O)CCCCC(=O)O[C@@H](C(=O)O[C@H]1C[C@@]2(O)[C@@H](OC(=O)c3ccccc3)[C@@H]3[C@]4(OC(C)=O)CO[C@@H]4C[C@@H](O)[C@@]3(C)C(=O)[C@H](OC(C)=O)C(=C1C)C2(C)C)[C@@H](NC(=O)c1ccccc1)c1ccccc1. The lowest BCUT2D eigenvalue weighted by Crippen LogP contribution is -2.82. The molecule has 3 aromatic carbocycles. The van der Waals surface area contributed by atoms with Crippen molar-refractivity contribution >= 4 is 47.5 Å². The summed E-state index contributed by atoms with van der Waals surface area (Å²) in [5, 5.41) is 29.0. The first-order chi connectivity index (χ1) is 34.6. The first-order valence-electron chi connectivity index (χ1n) is 24.1. The number of ether oxygens (including phenoxy) is 7. The van der Waals surface area contributed by atoms with E-state index in [4.69, 9.17) is 33.2 Å². The molecular weight excluding hydrogens is 947 g/mol. The Bertz CT molecular complexity index is 2650. The highest BCUT2D eigenvalue weighted by atomic mass is 16.6. The van der Waals surface area contributed by atoms with Gasteiger partial charge >= 0.3 is 35.8 Å². The second-order valence-corrected chi connectivity index (χ2v) is 19.7. The lowest BCUT2D eigenvalue weighted by atomic mass is 9.44. The van der Waals surface area contributed by atoms with Crippen LogP contribution in [0.25, 0.3) is 0 Å². The molecule has 73 heavy (non-hydrogen) atoms. The van der Waals surface area contributed by atoms with Crippen molar-refractivity contribution in [1.82, 2.24) is 5.32 Å². The van der Waals surface area contributed by atoms with Crippen LogP contribution in [-0.2, 0) is 61.9 Å². The summed E-state index contributed by atoms with van der Waals surface area (Å²) in [4.78, 5) is 112. The van der Waals surface area contributed by atoms with Crippen LogP contribution in [0.15, 0.2) is 115 Å². The number of fused-ring (bicyclic) bond motifs is 5. The normalized spacial score (nSPS) is 28.6. The highest BCUT2D eigenvalue weighted by Gasteiger charge is 2.78. The van der Waals surface area contributed by atoms with Crippen LogP contribution < -0.4 is 5.32 Å². The Labute approximate surface area is 422 Å². The number of aliphatic hydroxyl groups excluding tert-OH is 1. The number of hydrogen-bond acceptors (Lipinski definition) is 17. The molecule has 3 N–H and O–H groups in total. The van der Waals surface area contributed by atoms with Crippen LogP contribution in [-0.4, -0.2) is 112 Å². The number of rotatable bonds is 17. The maximum atomic E-state index is 15.7. The number of unbranched alkanes of at least 4 members (excludes halogenated alkanes) is 1. The van der Waals surface area contributed by atoms with Gasteiger partial charge in [0.1, 0.15) is 30.0 Å². The van der Waals surface area contributed by atoms with Crippen molar-refractivity contribution in [2.75, 3.05) is 6.61 Å². The third-order valence-corrected chi connectivity index (χ3v) is 14.9. The molecule has 18 nitrogen and oxygen atoms in total. The molecule has 2 bridgehead atoms. The molecule has 1 heterocycles. The van der Waals surface area contributed by atoms with E-state index in [1.54, 1.807) is 92.7 Å². The molecule has 11 atom stereocenters. The largest absolute Gasteiger partial charge is 0.455 e. The van der Waals surface area contributed by atoms with Gasteiger partial charge in [-0.3, -0.25) is 28.8 Å². The van der Waals surface area contributed by atoms with E-state index in [9.17, 15) is 39.0 Å². The third-order valence-electron chi connectivity index (χ3n) is 14.9. The number of hydrogen-bond donors (Lipinski definition) is 3. The van der Waals surface area contributed by atoms with Crippen LogP contribution in [0.3, 0.4) is 0 Å². The van der Waals surface area contributed by atoms with E-state index < -0.39 is 125 Å². The Hall–Kier alpha value is -7.02. The number of Topliss-reactive ketones (excluding diaryl/α,β-unsaturated/α-hetero) is 1. The maximum absolute atomic E-state index is 15.7. The molecule has 3 aromatic rings.